The van der Waals surface area contributed by atoms with E-state index < -0.39 is 5.97 Å². The molecule has 2 aliphatic rings. The number of carboxylic acid groups (broad SMARTS) is 1. The fourth-order valence-corrected chi connectivity index (χ4v) is 3.56. The van der Waals surface area contributed by atoms with Crippen LogP contribution in [0.4, 0.5) is 0 Å². The molecule has 0 spiro atoms. The highest BCUT2D eigenvalue weighted by molar-refractivity contribution is 5.78. The Morgan fingerprint density at radius 1 is 1.25 bits per heavy atom. The van der Waals surface area contributed by atoms with Crippen molar-refractivity contribution in [2.45, 2.75) is 57.9 Å². The predicted octanol–water partition coefficient (Wildman–Crippen LogP) is 2.05. The van der Waals surface area contributed by atoms with E-state index in [1.807, 2.05) is 11.8 Å². The van der Waals surface area contributed by atoms with Gasteiger partial charge in [0.1, 0.15) is 0 Å². The van der Waals surface area contributed by atoms with E-state index in [2.05, 4.69) is 0 Å². The number of hydrogen-bond acceptors (Lipinski definition) is 3. The molecule has 0 aromatic carbocycles. The number of carboxylic acids is 1. The van der Waals surface area contributed by atoms with Gasteiger partial charge in [0.15, 0.2) is 0 Å². The quantitative estimate of drug-likeness (QED) is 0.857. The van der Waals surface area contributed by atoms with Crippen LogP contribution in [0.3, 0.4) is 0 Å². The predicted molar refractivity (Wildman–Crippen MR) is 74.4 cm³/mol. The van der Waals surface area contributed by atoms with Crippen LogP contribution in [0, 0.1) is 5.41 Å². The third-order valence-electron chi connectivity index (χ3n) is 4.65. The lowest BCUT2D eigenvalue weighted by atomic mass is 9.69. The van der Waals surface area contributed by atoms with E-state index in [1.165, 1.54) is 0 Å². The SMILES string of the molecule is CC1COCCN1C(=O)CC1(CC(=O)O)CCCCC1. The van der Waals surface area contributed by atoms with Crippen molar-refractivity contribution in [3.8, 4) is 0 Å². The number of ether oxygens (including phenoxy) is 1. The van der Waals surface area contributed by atoms with Crippen LogP contribution < -0.4 is 0 Å². The molecule has 20 heavy (non-hydrogen) atoms. The number of aliphatic carboxylic acids is 1. The van der Waals surface area contributed by atoms with Gasteiger partial charge in [-0.1, -0.05) is 19.3 Å². The number of carbonyl (C=O) groups is 2. The van der Waals surface area contributed by atoms with E-state index in [0.717, 1.165) is 32.1 Å². The fraction of sp³-hybridized carbons (Fsp3) is 0.867. The first-order valence-electron chi connectivity index (χ1n) is 7.61. The summed E-state index contributed by atoms with van der Waals surface area (Å²) in [6, 6.07) is 0.0988. The van der Waals surface area contributed by atoms with E-state index in [0.29, 0.717) is 26.2 Å². The average Bonchev–Trinajstić information content (AvgIpc) is 2.39. The van der Waals surface area contributed by atoms with Crippen LogP contribution in [-0.2, 0) is 14.3 Å². The average molecular weight is 283 g/mol. The van der Waals surface area contributed by atoms with Gasteiger partial charge in [0, 0.05) is 13.0 Å². The topological polar surface area (TPSA) is 66.8 Å². The third kappa shape index (κ3) is 3.72. The molecule has 5 heteroatoms. The molecule has 2 fully saturated rings. The minimum absolute atomic E-state index is 0.0988. The Kier molecular flexibility index (Phi) is 5.02. The molecule has 0 aromatic rings. The maximum absolute atomic E-state index is 12.5. The van der Waals surface area contributed by atoms with Gasteiger partial charge >= 0.3 is 5.97 Å². The molecule has 1 heterocycles. The molecule has 5 nitrogen and oxygen atoms in total. The normalized spacial score (nSPS) is 26.2. The summed E-state index contributed by atoms with van der Waals surface area (Å²) < 4.78 is 5.35. The Balaban J connectivity index is 2.02. The van der Waals surface area contributed by atoms with Gasteiger partial charge in [0.25, 0.3) is 0 Å². The first-order chi connectivity index (χ1) is 9.52. The Hall–Kier alpha value is -1.10. The molecule has 2 rings (SSSR count). The van der Waals surface area contributed by atoms with Gasteiger partial charge < -0.3 is 14.7 Å². The minimum atomic E-state index is -0.783. The number of rotatable bonds is 4. The van der Waals surface area contributed by atoms with Gasteiger partial charge in [0.05, 0.1) is 25.7 Å². The lowest BCUT2D eigenvalue weighted by molar-refractivity contribution is -0.145. The van der Waals surface area contributed by atoms with Gasteiger partial charge in [0.2, 0.25) is 5.91 Å². The highest BCUT2D eigenvalue weighted by Crippen LogP contribution is 2.42. The number of nitrogens with zero attached hydrogens (tertiary/aromatic N) is 1. The molecule has 1 N–H and O–H groups in total. The Morgan fingerprint density at radius 2 is 1.95 bits per heavy atom. The van der Waals surface area contributed by atoms with E-state index in [-0.39, 0.29) is 23.8 Å². The monoisotopic (exact) mass is 283 g/mol. The zero-order valence-corrected chi connectivity index (χ0v) is 12.3. The summed E-state index contributed by atoms with van der Waals surface area (Å²) in [6.07, 6.45) is 5.47. The van der Waals surface area contributed by atoms with E-state index in [4.69, 9.17) is 9.84 Å². The van der Waals surface area contributed by atoms with Gasteiger partial charge in [-0.2, -0.15) is 0 Å². The van der Waals surface area contributed by atoms with Crippen molar-refractivity contribution in [1.29, 1.82) is 0 Å². The highest BCUT2D eigenvalue weighted by atomic mass is 16.5. The van der Waals surface area contributed by atoms with Gasteiger partial charge in [-0.25, -0.2) is 0 Å². The minimum Gasteiger partial charge on any atom is -0.481 e. The molecule has 1 aliphatic carbocycles. The number of carbonyl (C=O) groups excluding carboxylic acids is 1. The van der Waals surface area contributed by atoms with Crippen molar-refractivity contribution in [1.82, 2.24) is 4.90 Å². The van der Waals surface area contributed by atoms with Crippen molar-refractivity contribution in [2.75, 3.05) is 19.8 Å². The maximum atomic E-state index is 12.5. The molecule has 1 atom stereocenters. The summed E-state index contributed by atoms with van der Waals surface area (Å²) in [6.45, 7) is 3.78. The summed E-state index contributed by atoms with van der Waals surface area (Å²) >= 11 is 0. The number of morpholine rings is 1. The Labute approximate surface area is 120 Å². The molecule has 1 saturated heterocycles. The first kappa shape index (κ1) is 15.3. The first-order valence-corrected chi connectivity index (χ1v) is 7.61. The second-order valence-corrected chi connectivity index (χ2v) is 6.32. The van der Waals surface area contributed by atoms with Crippen molar-refractivity contribution in [3.63, 3.8) is 0 Å². The van der Waals surface area contributed by atoms with Crippen LogP contribution in [0.25, 0.3) is 0 Å². The molecule has 1 unspecified atom stereocenters. The largest absolute Gasteiger partial charge is 0.481 e. The molecular weight excluding hydrogens is 258 g/mol. The smallest absolute Gasteiger partial charge is 0.303 e. The lowest BCUT2D eigenvalue weighted by Crippen LogP contribution is -2.48. The lowest BCUT2D eigenvalue weighted by Gasteiger charge is -2.39. The second-order valence-electron chi connectivity index (χ2n) is 6.32. The van der Waals surface area contributed by atoms with E-state index in [9.17, 15) is 9.59 Å². The number of amides is 1. The van der Waals surface area contributed by atoms with E-state index >= 15 is 0 Å². The summed E-state index contributed by atoms with van der Waals surface area (Å²) in [7, 11) is 0. The van der Waals surface area contributed by atoms with Gasteiger partial charge in [-0.3, -0.25) is 9.59 Å². The van der Waals surface area contributed by atoms with Crippen LogP contribution in [-0.4, -0.2) is 47.7 Å². The van der Waals surface area contributed by atoms with Gasteiger partial charge in [-0.15, -0.1) is 0 Å². The van der Waals surface area contributed by atoms with Crippen molar-refractivity contribution in [2.24, 2.45) is 5.41 Å². The van der Waals surface area contributed by atoms with Crippen LogP contribution in [0.2, 0.25) is 0 Å². The molecule has 1 amide bonds. The highest BCUT2D eigenvalue weighted by Gasteiger charge is 2.38. The summed E-state index contributed by atoms with van der Waals surface area (Å²) in [5, 5.41) is 9.16. The molecule has 0 aromatic heterocycles. The van der Waals surface area contributed by atoms with Crippen LogP contribution >= 0.6 is 0 Å². The summed E-state index contributed by atoms with van der Waals surface area (Å²) in [4.78, 5) is 25.6. The molecular formula is C15H25NO4. The molecule has 0 radical (unpaired) electrons. The van der Waals surface area contributed by atoms with Crippen molar-refractivity contribution < 1.29 is 19.4 Å². The van der Waals surface area contributed by atoms with Crippen LogP contribution in [0.1, 0.15) is 51.9 Å². The third-order valence-corrected chi connectivity index (χ3v) is 4.65. The van der Waals surface area contributed by atoms with Crippen molar-refractivity contribution in [3.05, 3.63) is 0 Å². The van der Waals surface area contributed by atoms with Gasteiger partial charge in [-0.05, 0) is 25.2 Å². The molecule has 1 aliphatic heterocycles. The zero-order valence-electron chi connectivity index (χ0n) is 12.3. The molecule has 0 bridgehead atoms. The second kappa shape index (κ2) is 6.57. The van der Waals surface area contributed by atoms with Crippen molar-refractivity contribution >= 4 is 11.9 Å². The standard InChI is InChI=1S/C15H25NO4/c1-12-11-20-8-7-16(12)13(17)9-15(10-14(18)19)5-3-2-4-6-15/h12H,2-11H2,1H3,(H,18,19). The Morgan fingerprint density at radius 3 is 2.55 bits per heavy atom. The maximum Gasteiger partial charge on any atom is 0.303 e. The zero-order chi connectivity index (χ0) is 14.6. The summed E-state index contributed by atoms with van der Waals surface area (Å²) in [5.41, 5.74) is -0.320. The fourth-order valence-electron chi connectivity index (χ4n) is 3.56. The molecule has 1 saturated carbocycles. The van der Waals surface area contributed by atoms with Crippen LogP contribution in [0.5, 0.6) is 0 Å². The number of hydrogen-bond donors (Lipinski definition) is 1. The Bertz CT molecular complexity index is 363. The van der Waals surface area contributed by atoms with E-state index in [1.54, 1.807) is 0 Å². The molecule has 114 valence electrons. The van der Waals surface area contributed by atoms with Crippen LogP contribution in [0.15, 0.2) is 0 Å². The summed E-state index contributed by atoms with van der Waals surface area (Å²) in [5.74, 6) is -0.682.